The number of hydrogen-bond donors (Lipinski definition) is 1. The van der Waals surface area contributed by atoms with Crippen LogP contribution in [0.1, 0.15) is 23.6 Å². The molecule has 0 unspecified atom stereocenters. The summed E-state index contributed by atoms with van der Waals surface area (Å²) in [6.45, 7) is 8.88. The highest BCUT2D eigenvalue weighted by Crippen LogP contribution is 2.14. The topological polar surface area (TPSA) is 32.3 Å². The van der Waals surface area contributed by atoms with Gasteiger partial charge in [-0.15, -0.1) is 12.4 Å². The van der Waals surface area contributed by atoms with Gasteiger partial charge in [-0.25, -0.2) is 0 Å². The fourth-order valence-electron chi connectivity index (χ4n) is 2.47. The Hall–Kier alpha value is -1.06. The van der Waals surface area contributed by atoms with Gasteiger partial charge in [-0.3, -0.25) is 4.79 Å². The fraction of sp³-hybridized carbons (Fsp3) is 0.533. The zero-order chi connectivity index (χ0) is 13.1. The third kappa shape index (κ3) is 3.95. The molecule has 1 aliphatic rings. The number of aryl methyl sites for hydroxylation is 2. The van der Waals surface area contributed by atoms with Crippen molar-refractivity contribution in [3.05, 3.63) is 34.9 Å². The molecular formula is C15H23ClN2O. The lowest BCUT2D eigenvalue weighted by Gasteiger charge is -2.34. The van der Waals surface area contributed by atoms with Gasteiger partial charge in [0.05, 0.1) is 6.42 Å². The molecule has 1 saturated heterocycles. The number of amides is 1. The molecule has 1 amide bonds. The third-order valence-electron chi connectivity index (χ3n) is 3.67. The van der Waals surface area contributed by atoms with Crippen LogP contribution in [0.2, 0.25) is 0 Å². The van der Waals surface area contributed by atoms with E-state index in [-0.39, 0.29) is 18.3 Å². The number of carbonyl (C=O) groups is 1. The Morgan fingerprint density at radius 1 is 1.42 bits per heavy atom. The van der Waals surface area contributed by atoms with Gasteiger partial charge in [0, 0.05) is 25.7 Å². The van der Waals surface area contributed by atoms with E-state index in [1.165, 1.54) is 11.1 Å². The van der Waals surface area contributed by atoms with E-state index in [0.717, 1.165) is 25.2 Å². The van der Waals surface area contributed by atoms with Crippen LogP contribution in [-0.4, -0.2) is 36.5 Å². The van der Waals surface area contributed by atoms with Crippen LogP contribution < -0.4 is 5.32 Å². The van der Waals surface area contributed by atoms with Crippen LogP contribution in [0.3, 0.4) is 0 Å². The summed E-state index contributed by atoms with van der Waals surface area (Å²) in [6, 6.07) is 6.62. The molecule has 1 atom stereocenters. The normalized spacial score (nSPS) is 18.9. The van der Waals surface area contributed by atoms with E-state index in [2.05, 4.69) is 44.3 Å². The van der Waals surface area contributed by atoms with Crippen molar-refractivity contribution < 1.29 is 4.79 Å². The van der Waals surface area contributed by atoms with Crippen LogP contribution in [0.15, 0.2) is 18.2 Å². The maximum absolute atomic E-state index is 12.3. The lowest BCUT2D eigenvalue weighted by molar-refractivity contribution is -0.133. The van der Waals surface area contributed by atoms with Crippen molar-refractivity contribution in [2.75, 3.05) is 19.6 Å². The highest BCUT2D eigenvalue weighted by atomic mass is 35.5. The summed E-state index contributed by atoms with van der Waals surface area (Å²) in [4.78, 5) is 14.3. The quantitative estimate of drug-likeness (QED) is 0.901. The Morgan fingerprint density at radius 3 is 2.84 bits per heavy atom. The summed E-state index contributed by atoms with van der Waals surface area (Å²) in [5, 5.41) is 3.31. The van der Waals surface area contributed by atoms with Crippen LogP contribution in [0.25, 0.3) is 0 Å². The Bertz CT molecular complexity index is 448. The first kappa shape index (κ1) is 16.0. The number of rotatable bonds is 2. The molecule has 2 rings (SSSR count). The SMILES string of the molecule is Cc1ccc(C)c(CC(=O)N2CCNC[C@H]2C)c1.Cl. The van der Waals surface area contributed by atoms with Crippen LogP contribution in [0.5, 0.6) is 0 Å². The van der Waals surface area contributed by atoms with E-state index in [1.54, 1.807) is 0 Å². The van der Waals surface area contributed by atoms with Crippen molar-refractivity contribution in [1.29, 1.82) is 0 Å². The molecule has 1 aliphatic heterocycles. The monoisotopic (exact) mass is 282 g/mol. The highest BCUT2D eigenvalue weighted by molar-refractivity contribution is 5.85. The van der Waals surface area contributed by atoms with Crippen LogP contribution in [0.4, 0.5) is 0 Å². The number of carbonyl (C=O) groups excluding carboxylic acids is 1. The molecule has 1 aromatic rings. The molecule has 0 radical (unpaired) electrons. The van der Waals surface area contributed by atoms with Gasteiger partial charge in [0.15, 0.2) is 0 Å². The number of hydrogen-bond acceptors (Lipinski definition) is 2. The van der Waals surface area contributed by atoms with Gasteiger partial charge in [-0.1, -0.05) is 23.8 Å². The molecule has 1 aromatic carbocycles. The minimum absolute atomic E-state index is 0. The molecule has 19 heavy (non-hydrogen) atoms. The van der Waals surface area contributed by atoms with Crippen LogP contribution >= 0.6 is 12.4 Å². The summed E-state index contributed by atoms with van der Waals surface area (Å²) in [5.41, 5.74) is 3.58. The van der Waals surface area contributed by atoms with Crippen molar-refractivity contribution in [3.8, 4) is 0 Å². The van der Waals surface area contributed by atoms with Gasteiger partial charge < -0.3 is 10.2 Å². The standard InChI is InChI=1S/C15H22N2O.ClH/c1-11-4-5-12(2)14(8-11)9-15(18)17-7-6-16-10-13(17)3;/h4-5,8,13,16H,6-7,9-10H2,1-3H3;1H/t13-;/m1./s1. The zero-order valence-corrected chi connectivity index (χ0v) is 12.7. The first-order valence-corrected chi connectivity index (χ1v) is 6.64. The maximum Gasteiger partial charge on any atom is 0.227 e. The third-order valence-corrected chi connectivity index (χ3v) is 3.67. The molecule has 0 aromatic heterocycles. The second-order valence-corrected chi connectivity index (χ2v) is 5.25. The molecule has 0 spiro atoms. The first-order valence-electron chi connectivity index (χ1n) is 6.64. The number of benzene rings is 1. The smallest absolute Gasteiger partial charge is 0.227 e. The van der Waals surface area contributed by atoms with E-state index in [4.69, 9.17) is 0 Å². The second-order valence-electron chi connectivity index (χ2n) is 5.25. The number of halogens is 1. The van der Waals surface area contributed by atoms with Gasteiger partial charge in [0.1, 0.15) is 0 Å². The number of nitrogens with one attached hydrogen (secondary N) is 1. The Labute approximate surface area is 121 Å². The van der Waals surface area contributed by atoms with Gasteiger partial charge in [0.2, 0.25) is 5.91 Å². The van der Waals surface area contributed by atoms with Crippen molar-refractivity contribution >= 4 is 18.3 Å². The van der Waals surface area contributed by atoms with E-state index in [1.807, 2.05) is 4.90 Å². The molecule has 0 saturated carbocycles. The van der Waals surface area contributed by atoms with Gasteiger partial charge in [-0.2, -0.15) is 0 Å². The number of nitrogens with zero attached hydrogens (tertiary/aromatic N) is 1. The van der Waals surface area contributed by atoms with Gasteiger partial charge >= 0.3 is 0 Å². The van der Waals surface area contributed by atoms with E-state index < -0.39 is 0 Å². The van der Waals surface area contributed by atoms with Crippen LogP contribution in [-0.2, 0) is 11.2 Å². The Morgan fingerprint density at radius 2 is 2.16 bits per heavy atom. The Kier molecular flexibility index (Phi) is 5.83. The van der Waals surface area contributed by atoms with Gasteiger partial charge in [-0.05, 0) is 31.9 Å². The molecule has 4 heteroatoms. The van der Waals surface area contributed by atoms with E-state index >= 15 is 0 Å². The average Bonchev–Trinajstić information content (AvgIpc) is 2.34. The second kappa shape index (κ2) is 6.92. The van der Waals surface area contributed by atoms with Crippen LogP contribution in [0, 0.1) is 13.8 Å². The minimum atomic E-state index is 0. The molecule has 0 aliphatic carbocycles. The lowest BCUT2D eigenvalue weighted by Crippen LogP contribution is -2.52. The average molecular weight is 283 g/mol. The summed E-state index contributed by atoms with van der Waals surface area (Å²) in [5.74, 6) is 0.248. The molecule has 106 valence electrons. The van der Waals surface area contributed by atoms with Crippen molar-refractivity contribution in [1.82, 2.24) is 10.2 Å². The zero-order valence-electron chi connectivity index (χ0n) is 11.9. The predicted molar refractivity (Wildman–Crippen MR) is 80.9 cm³/mol. The summed E-state index contributed by atoms with van der Waals surface area (Å²) in [6.07, 6.45) is 0.526. The summed E-state index contributed by atoms with van der Waals surface area (Å²) in [7, 11) is 0. The van der Waals surface area contributed by atoms with E-state index in [9.17, 15) is 4.79 Å². The maximum atomic E-state index is 12.3. The Balaban J connectivity index is 0.00000180. The molecule has 3 nitrogen and oxygen atoms in total. The molecule has 1 fully saturated rings. The number of piperazine rings is 1. The summed E-state index contributed by atoms with van der Waals surface area (Å²) < 4.78 is 0. The molecule has 0 bridgehead atoms. The first-order chi connectivity index (χ1) is 8.58. The van der Waals surface area contributed by atoms with E-state index in [0.29, 0.717) is 12.5 Å². The van der Waals surface area contributed by atoms with Gasteiger partial charge in [0.25, 0.3) is 0 Å². The van der Waals surface area contributed by atoms with Crippen molar-refractivity contribution in [3.63, 3.8) is 0 Å². The highest BCUT2D eigenvalue weighted by Gasteiger charge is 2.23. The molecule has 1 heterocycles. The van der Waals surface area contributed by atoms with Crippen molar-refractivity contribution in [2.45, 2.75) is 33.2 Å². The van der Waals surface area contributed by atoms with Crippen molar-refractivity contribution in [2.24, 2.45) is 0 Å². The minimum Gasteiger partial charge on any atom is -0.337 e. The molecule has 1 N–H and O–H groups in total. The predicted octanol–water partition coefficient (Wildman–Crippen LogP) is 2.09. The largest absolute Gasteiger partial charge is 0.337 e. The lowest BCUT2D eigenvalue weighted by atomic mass is 10.0. The summed E-state index contributed by atoms with van der Waals surface area (Å²) >= 11 is 0. The molecular weight excluding hydrogens is 260 g/mol. The fourth-order valence-corrected chi connectivity index (χ4v) is 2.47.